The molecule has 0 aromatic heterocycles. The van der Waals surface area contributed by atoms with E-state index in [9.17, 15) is 40.5 Å². The number of hydrogen-bond acceptors (Lipinski definition) is 8. The van der Waals surface area contributed by atoms with Crippen LogP contribution in [0.5, 0.6) is 0 Å². The van der Waals surface area contributed by atoms with E-state index in [-0.39, 0.29) is 54.5 Å². The van der Waals surface area contributed by atoms with Gasteiger partial charge in [0.1, 0.15) is 35.3 Å². The number of hydrogen-bond donors (Lipinski definition) is 5. The van der Waals surface area contributed by atoms with Gasteiger partial charge in [-0.1, -0.05) is 18.2 Å². The molecule has 3 aromatic carbocycles. The van der Waals surface area contributed by atoms with E-state index in [1.54, 1.807) is 59.2 Å². The highest BCUT2D eigenvalue weighted by Crippen LogP contribution is 2.43. The van der Waals surface area contributed by atoms with Gasteiger partial charge in [0, 0.05) is 39.9 Å². The molecule has 0 radical (unpaired) electrons. The zero-order valence-corrected chi connectivity index (χ0v) is 23.9. The minimum Gasteiger partial charge on any atom is -0.456 e. The molecule has 5 N–H and O–H groups in total. The second-order valence-electron chi connectivity index (χ2n) is 9.52. The molecule has 11 nitrogen and oxygen atoms in total. The van der Waals surface area contributed by atoms with Crippen LogP contribution in [-0.2, 0) is 20.2 Å². The molecule has 1 heterocycles. The molecule has 14 heteroatoms. The van der Waals surface area contributed by atoms with E-state index in [1.807, 2.05) is 0 Å². The van der Waals surface area contributed by atoms with Crippen LogP contribution in [0.15, 0.2) is 93.1 Å². The summed E-state index contributed by atoms with van der Waals surface area (Å²) in [6.07, 6.45) is 0. The Morgan fingerprint density at radius 3 is 2.14 bits per heavy atom. The predicted octanol–water partition coefficient (Wildman–Crippen LogP) is 3.34. The average molecular weight is 630 g/mol. The van der Waals surface area contributed by atoms with Gasteiger partial charge in [-0.25, -0.2) is 8.97 Å². The van der Waals surface area contributed by atoms with Crippen molar-refractivity contribution in [2.75, 3.05) is 31.6 Å². The second kappa shape index (κ2) is 11.8. The van der Waals surface area contributed by atoms with E-state index in [0.717, 1.165) is 12.1 Å². The number of rotatable bonds is 9. The molecule has 0 amide bonds. The van der Waals surface area contributed by atoms with Gasteiger partial charge in [-0.15, -0.1) is 0 Å². The van der Waals surface area contributed by atoms with E-state index in [4.69, 9.17) is 4.42 Å². The number of anilines is 2. The van der Waals surface area contributed by atoms with Crippen LogP contribution in [-0.4, -0.2) is 62.5 Å². The Hall–Kier alpha value is -4.18. The van der Waals surface area contributed by atoms with Crippen molar-refractivity contribution in [1.82, 2.24) is 4.58 Å². The zero-order valence-electron chi connectivity index (χ0n) is 22.3. The average Bonchev–Trinajstić information content (AvgIpc) is 2.95. The van der Waals surface area contributed by atoms with Gasteiger partial charge < -0.3 is 19.9 Å². The summed E-state index contributed by atoms with van der Waals surface area (Å²) in [5.41, 5.74) is 1.40. The summed E-state index contributed by atoms with van der Waals surface area (Å²) in [5.74, 6) is -0.253. The van der Waals surface area contributed by atoms with Gasteiger partial charge in [-0.05, 0) is 42.5 Å². The molecule has 2 aliphatic rings. The van der Waals surface area contributed by atoms with Gasteiger partial charge in [0.15, 0.2) is 13.1 Å². The molecule has 0 spiro atoms. The predicted molar refractivity (Wildman–Crippen MR) is 157 cm³/mol. The maximum atomic E-state index is 14.3. The fraction of sp³-hybridized carbons (Fsp3) is 0.138. The minimum atomic E-state index is -5.02. The molecule has 0 saturated heterocycles. The first-order chi connectivity index (χ1) is 20.4. The summed E-state index contributed by atoms with van der Waals surface area (Å²) in [5, 5.41) is 22.9. The molecule has 3 aromatic rings. The molecule has 1 aliphatic carbocycles. The van der Waals surface area contributed by atoms with E-state index in [0.29, 0.717) is 28.1 Å². The monoisotopic (exact) mass is 629 g/mol. The molecule has 5 rings (SSSR count). The summed E-state index contributed by atoms with van der Waals surface area (Å²) >= 11 is 0. The Morgan fingerprint density at radius 2 is 1.49 bits per heavy atom. The highest BCUT2D eigenvalue weighted by molar-refractivity contribution is 7.86. The number of nitrogens with one attached hydrogen (secondary N) is 1. The van der Waals surface area contributed by atoms with Gasteiger partial charge >= 0.3 is 0 Å². The number of halogens is 1. The summed E-state index contributed by atoms with van der Waals surface area (Å²) in [4.78, 5) is -1.50. The standard InChI is InChI=1S/C29H25FN2O9S2/c30-24-3-1-2-4-25(24)31-18-5-8-21-26(15-18)41-27-16-19(32(11-13-33)12-14-34)6-9-22(27)29(21)23-10-7-20(42(35,36)37)17-28(23)43(38,39)40/h1-10,15-17,33-34H,11-14H2,(H2,35,36,37,38,39,40)/p+1. The number of fused-ring (bicyclic) bond motifs is 2. The largest absolute Gasteiger partial charge is 0.456 e. The van der Waals surface area contributed by atoms with E-state index in [2.05, 4.69) is 5.32 Å². The minimum absolute atomic E-state index is 0.0779. The highest BCUT2D eigenvalue weighted by Gasteiger charge is 2.26. The Kier molecular flexibility index (Phi) is 8.34. The topological polar surface area (TPSA) is 177 Å². The van der Waals surface area contributed by atoms with Crippen molar-refractivity contribution in [3.63, 3.8) is 0 Å². The fourth-order valence-corrected chi connectivity index (χ4v) is 6.16. The Balaban J connectivity index is 1.86. The second-order valence-corrected chi connectivity index (χ2v) is 12.3. The Labute approximate surface area is 245 Å². The van der Waals surface area contributed by atoms with Crippen molar-refractivity contribution in [3.8, 4) is 22.5 Å². The Morgan fingerprint density at radius 1 is 0.791 bits per heavy atom. The summed E-state index contributed by atoms with van der Waals surface area (Å²) in [6, 6.07) is 18.6. The lowest BCUT2D eigenvalue weighted by atomic mass is 9.93. The van der Waals surface area contributed by atoms with Crippen molar-refractivity contribution < 1.29 is 45.0 Å². The quantitative estimate of drug-likeness (QED) is 0.0923. The van der Waals surface area contributed by atoms with Gasteiger partial charge in [0.2, 0.25) is 5.36 Å². The lowest BCUT2D eigenvalue weighted by Gasteiger charge is -2.18. The number of aliphatic hydroxyl groups excluding tert-OH is 2. The molecule has 0 atom stereocenters. The summed E-state index contributed by atoms with van der Waals surface area (Å²) < 4.78 is 90.5. The van der Waals surface area contributed by atoms with Gasteiger partial charge in [-0.3, -0.25) is 9.11 Å². The van der Waals surface area contributed by atoms with Crippen LogP contribution in [0.25, 0.3) is 33.4 Å². The van der Waals surface area contributed by atoms with Crippen LogP contribution in [0, 0.1) is 5.82 Å². The lowest BCUT2D eigenvalue weighted by molar-refractivity contribution is 0.250. The van der Waals surface area contributed by atoms with E-state index >= 15 is 0 Å². The third-order valence-corrected chi connectivity index (χ3v) is 8.50. The van der Waals surface area contributed by atoms with Crippen molar-refractivity contribution >= 4 is 42.6 Å². The molecule has 224 valence electrons. The number of nitrogens with zero attached hydrogens (tertiary/aromatic N) is 1. The number of benzene rings is 4. The van der Waals surface area contributed by atoms with Gasteiger partial charge in [0.05, 0.1) is 16.6 Å². The maximum absolute atomic E-state index is 14.3. The van der Waals surface area contributed by atoms with Crippen LogP contribution >= 0.6 is 0 Å². The molecule has 0 fully saturated rings. The molecule has 43 heavy (non-hydrogen) atoms. The number of para-hydroxylation sites is 1. The molecular weight excluding hydrogens is 603 g/mol. The first kappa shape index (κ1) is 30.3. The molecule has 0 unspecified atom stereocenters. The van der Waals surface area contributed by atoms with Crippen LogP contribution < -0.4 is 15.2 Å². The highest BCUT2D eigenvalue weighted by atomic mass is 32.2. The summed E-state index contributed by atoms with van der Waals surface area (Å²) in [6.45, 7) is 0.0164. The zero-order chi connectivity index (χ0) is 30.9. The van der Waals surface area contributed by atoms with Crippen LogP contribution in [0.4, 0.5) is 15.8 Å². The first-order valence-corrected chi connectivity index (χ1v) is 15.7. The lowest BCUT2D eigenvalue weighted by Crippen LogP contribution is -2.34. The van der Waals surface area contributed by atoms with Crippen LogP contribution in [0.1, 0.15) is 0 Å². The van der Waals surface area contributed by atoms with Crippen molar-refractivity contribution in [2.45, 2.75) is 9.79 Å². The van der Waals surface area contributed by atoms with Crippen molar-refractivity contribution in [2.24, 2.45) is 0 Å². The molecular formula is C29H26FN2O9S2+. The third-order valence-electron chi connectivity index (χ3n) is 6.76. The molecule has 1 aliphatic heterocycles. The van der Waals surface area contributed by atoms with E-state index < -0.39 is 35.8 Å². The molecule has 0 saturated carbocycles. The van der Waals surface area contributed by atoms with Crippen LogP contribution in [0.2, 0.25) is 0 Å². The fourth-order valence-electron chi connectivity index (χ4n) is 4.86. The SMILES string of the molecule is O=S(=O)(O)c1ccc(-c2c3ccc(=[N+](CCO)CCO)cc-3oc3cc(Nc4ccccc4F)ccc23)c(S(=O)(=O)O)c1. The number of aliphatic hydroxyl groups is 2. The van der Waals surface area contributed by atoms with Crippen molar-refractivity contribution in [3.05, 3.63) is 90.0 Å². The van der Waals surface area contributed by atoms with Gasteiger partial charge in [0.25, 0.3) is 20.2 Å². The smallest absolute Gasteiger partial charge is 0.295 e. The molecule has 0 bridgehead atoms. The third kappa shape index (κ3) is 6.29. The van der Waals surface area contributed by atoms with Gasteiger partial charge in [-0.2, -0.15) is 16.8 Å². The van der Waals surface area contributed by atoms with E-state index in [1.165, 1.54) is 6.07 Å². The summed E-state index contributed by atoms with van der Waals surface area (Å²) in [7, 11) is -9.83. The van der Waals surface area contributed by atoms with Crippen molar-refractivity contribution in [1.29, 1.82) is 0 Å². The Bertz CT molecular complexity index is 2100. The maximum Gasteiger partial charge on any atom is 0.295 e. The first-order valence-electron chi connectivity index (χ1n) is 12.8. The normalized spacial score (nSPS) is 12.1. The van der Waals surface area contributed by atoms with Crippen LogP contribution in [0.3, 0.4) is 0 Å².